The molecular weight excluding hydrogens is 268 g/mol. The second kappa shape index (κ2) is 4.79. The molecule has 2 heterocycles. The zero-order valence-corrected chi connectivity index (χ0v) is 12.0. The van der Waals surface area contributed by atoms with Gasteiger partial charge in [0.15, 0.2) is 0 Å². The van der Waals surface area contributed by atoms with Crippen LogP contribution >= 0.6 is 11.9 Å². The third-order valence-corrected chi connectivity index (χ3v) is 5.21. The monoisotopic (exact) mass is 284 g/mol. The average molecular weight is 284 g/mol. The fourth-order valence-electron chi connectivity index (χ4n) is 3.04. The summed E-state index contributed by atoms with van der Waals surface area (Å²) in [6, 6.07) is 10.2. The second-order valence-corrected chi connectivity index (χ2v) is 6.51. The summed E-state index contributed by atoms with van der Waals surface area (Å²) in [5, 5.41) is 5.21. The van der Waals surface area contributed by atoms with Gasteiger partial charge in [-0.05, 0) is 48.4 Å². The Morgan fingerprint density at radius 3 is 2.75 bits per heavy atom. The SMILES string of the molecule is O=C1Nc2ccc(SN3CCCCC3)c3cccc1c23. The van der Waals surface area contributed by atoms with Crippen molar-refractivity contribution < 1.29 is 4.79 Å². The summed E-state index contributed by atoms with van der Waals surface area (Å²) in [4.78, 5) is 13.2. The topological polar surface area (TPSA) is 32.3 Å². The molecule has 0 radical (unpaired) electrons. The molecule has 4 rings (SSSR count). The molecule has 4 heteroatoms. The van der Waals surface area contributed by atoms with Crippen LogP contribution in [0.2, 0.25) is 0 Å². The van der Waals surface area contributed by atoms with Gasteiger partial charge in [0.2, 0.25) is 0 Å². The number of anilines is 1. The number of benzene rings is 2. The highest BCUT2D eigenvalue weighted by molar-refractivity contribution is 7.97. The van der Waals surface area contributed by atoms with Crippen LogP contribution < -0.4 is 5.32 Å². The lowest BCUT2D eigenvalue weighted by molar-refractivity contribution is 0.103. The fraction of sp³-hybridized carbons (Fsp3) is 0.312. The largest absolute Gasteiger partial charge is 0.321 e. The third kappa shape index (κ3) is 1.91. The smallest absolute Gasteiger partial charge is 0.256 e. The van der Waals surface area contributed by atoms with Crippen LogP contribution in [-0.2, 0) is 0 Å². The molecule has 1 N–H and O–H groups in total. The maximum absolute atomic E-state index is 11.9. The first-order valence-electron chi connectivity index (χ1n) is 7.13. The molecule has 102 valence electrons. The molecule has 0 unspecified atom stereocenters. The summed E-state index contributed by atoms with van der Waals surface area (Å²) in [6.45, 7) is 2.32. The van der Waals surface area contributed by atoms with E-state index in [0.717, 1.165) is 29.7 Å². The maximum atomic E-state index is 11.9. The summed E-state index contributed by atoms with van der Waals surface area (Å²) in [5.74, 6) is 0.0192. The Balaban J connectivity index is 1.77. The van der Waals surface area contributed by atoms with E-state index in [4.69, 9.17) is 0 Å². The van der Waals surface area contributed by atoms with E-state index in [0.29, 0.717) is 0 Å². The normalized spacial score (nSPS) is 18.5. The van der Waals surface area contributed by atoms with Crippen LogP contribution in [-0.4, -0.2) is 23.3 Å². The summed E-state index contributed by atoms with van der Waals surface area (Å²) in [5.41, 5.74) is 1.75. The van der Waals surface area contributed by atoms with Crippen molar-refractivity contribution in [3.63, 3.8) is 0 Å². The first kappa shape index (κ1) is 12.2. The van der Waals surface area contributed by atoms with Gasteiger partial charge >= 0.3 is 0 Å². The highest BCUT2D eigenvalue weighted by Crippen LogP contribution is 2.39. The average Bonchev–Trinajstić information content (AvgIpc) is 2.82. The van der Waals surface area contributed by atoms with E-state index in [1.54, 1.807) is 0 Å². The van der Waals surface area contributed by atoms with Crippen molar-refractivity contribution in [1.82, 2.24) is 4.31 Å². The van der Waals surface area contributed by atoms with Gasteiger partial charge in [-0.25, -0.2) is 4.31 Å². The lowest BCUT2D eigenvalue weighted by Gasteiger charge is -2.25. The number of hydrogen-bond donors (Lipinski definition) is 1. The number of hydrogen-bond acceptors (Lipinski definition) is 3. The highest BCUT2D eigenvalue weighted by atomic mass is 32.2. The highest BCUT2D eigenvalue weighted by Gasteiger charge is 2.23. The van der Waals surface area contributed by atoms with Gasteiger partial charge in [-0.15, -0.1) is 0 Å². The third-order valence-electron chi connectivity index (χ3n) is 4.04. The predicted octanol–water partition coefficient (Wildman–Crippen LogP) is 3.90. The minimum atomic E-state index is 0.0192. The zero-order chi connectivity index (χ0) is 13.5. The zero-order valence-electron chi connectivity index (χ0n) is 11.2. The van der Waals surface area contributed by atoms with Gasteiger partial charge < -0.3 is 5.32 Å². The molecule has 2 aromatic rings. The van der Waals surface area contributed by atoms with Gasteiger partial charge in [-0.3, -0.25) is 4.79 Å². The van der Waals surface area contributed by atoms with Crippen LogP contribution in [0, 0.1) is 0 Å². The fourth-order valence-corrected chi connectivity index (χ4v) is 4.15. The quantitative estimate of drug-likeness (QED) is 0.849. The van der Waals surface area contributed by atoms with E-state index in [1.165, 1.54) is 29.5 Å². The molecule has 0 aliphatic carbocycles. The molecule has 20 heavy (non-hydrogen) atoms. The minimum Gasteiger partial charge on any atom is -0.321 e. The van der Waals surface area contributed by atoms with Crippen molar-refractivity contribution in [2.24, 2.45) is 0 Å². The van der Waals surface area contributed by atoms with Gasteiger partial charge in [-0.1, -0.05) is 18.6 Å². The van der Waals surface area contributed by atoms with Crippen molar-refractivity contribution in [2.75, 3.05) is 18.4 Å². The van der Waals surface area contributed by atoms with E-state index < -0.39 is 0 Å². The van der Waals surface area contributed by atoms with Gasteiger partial charge in [0.25, 0.3) is 5.91 Å². The van der Waals surface area contributed by atoms with E-state index in [1.807, 2.05) is 30.1 Å². The van der Waals surface area contributed by atoms with Gasteiger partial charge in [0.1, 0.15) is 0 Å². The molecule has 0 aromatic heterocycles. The molecular formula is C16H16N2OS. The van der Waals surface area contributed by atoms with Gasteiger partial charge in [0, 0.05) is 34.6 Å². The summed E-state index contributed by atoms with van der Waals surface area (Å²) in [6.07, 6.45) is 3.92. The molecule has 2 aliphatic rings. The molecule has 0 spiro atoms. The van der Waals surface area contributed by atoms with Gasteiger partial charge in [0.05, 0.1) is 0 Å². The van der Waals surface area contributed by atoms with Crippen molar-refractivity contribution in [3.05, 3.63) is 35.9 Å². The standard InChI is InChI=1S/C16H16N2OS/c19-16-12-6-4-5-11-14(8-7-13(17-16)15(11)12)20-18-9-2-1-3-10-18/h4-8H,1-3,9-10H2,(H,17,19). The molecule has 1 saturated heterocycles. The Labute approximate surface area is 122 Å². The first-order valence-corrected chi connectivity index (χ1v) is 7.90. The molecule has 1 fully saturated rings. The molecule has 0 bridgehead atoms. The second-order valence-electron chi connectivity index (χ2n) is 5.37. The minimum absolute atomic E-state index is 0.0192. The molecule has 1 amide bonds. The lowest BCUT2D eigenvalue weighted by Crippen LogP contribution is -2.22. The summed E-state index contributed by atoms with van der Waals surface area (Å²) < 4.78 is 2.44. The van der Waals surface area contributed by atoms with E-state index in [2.05, 4.69) is 21.8 Å². The van der Waals surface area contributed by atoms with Crippen molar-refractivity contribution >= 4 is 34.3 Å². The van der Waals surface area contributed by atoms with Gasteiger partial charge in [-0.2, -0.15) is 0 Å². The molecule has 2 aliphatic heterocycles. The number of carbonyl (C=O) groups excluding carboxylic acids is 1. The van der Waals surface area contributed by atoms with E-state index >= 15 is 0 Å². The Bertz CT molecular complexity index is 692. The summed E-state index contributed by atoms with van der Waals surface area (Å²) in [7, 11) is 0. The Morgan fingerprint density at radius 1 is 1.05 bits per heavy atom. The van der Waals surface area contributed by atoms with Crippen LogP contribution in [0.25, 0.3) is 10.8 Å². The molecule has 0 saturated carbocycles. The Kier molecular flexibility index (Phi) is 2.93. The predicted molar refractivity (Wildman–Crippen MR) is 83.2 cm³/mol. The van der Waals surface area contributed by atoms with Crippen LogP contribution in [0.4, 0.5) is 5.69 Å². The summed E-state index contributed by atoms with van der Waals surface area (Å²) >= 11 is 1.83. The molecule has 3 nitrogen and oxygen atoms in total. The Hall–Kier alpha value is -1.52. The molecule has 0 atom stereocenters. The lowest BCUT2D eigenvalue weighted by atomic mass is 10.1. The van der Waals surface area contributed by atoms with Crippen LogP contribution in [0.3, 0.4) is 0 Å². The maximum Gasteiger partial charge on any atom is 0.256 e. The Morgan fingerprint density at radius 2 is 1.90 bits per heavy atom. The number of carbonyl (C=O) groups is 1. The number of rotatable bonds is 2. The van der Waals surface area contributed by atoms with Crippen LogP contribution in [0.1, 0.15) is 29.6 Å². The number of amides is 1. The van der Waals surface area contributed by atoms with Crippen molar-refractivity contribution in [3.8, 4) is 0 Å². The van der Waals surface area contributed by atoms with Crippen LogP contribution in [0.15, 0.2) is 35.2 Å². The van der Waals surface area contributed by atoms with E-state index in [9.17, 15) is 4.79 Å². The van der Waals surface area contributed by atoms with Crippen molar-refractivity contribution in [1.29, 1.82) is 0 Å². The first-order chi connectivity index (χ1) is 9.83. The van der Waals surface area contributed by atoms with E-state index in [-0.39, 0.29) is 5.91 Å². The molecule has 2 aromatic carbocycles. The number of nitrogens with zero attached hydrogens (tertiary/aromatic N) is 1. The van der Waals surface area contributed by atoms with Crippen molar-refractivity contribution in [2.45, 2.75) is 24.2 Å². The number of nitrogens with one attached hydrogen (secondary N) is 1. The van der Waals surface area contributed by atoms with Crippen LogP contribution in [0.5, 0.6) is 0 Å². The number of piperidine rings is 1.